The fraction of sp³-hybridized carbons (Fsp3) is 0.556. The van der Waals surface area contributed by atoms with Crippen LogP contribution in [-0.2, 0) is 7.05 Å². The molecule has 0 aliphatic carbocycles. The summed E-state index contributed by atoms with van der Waals surface area (Å²) in [5.74, 6) is 0. The van der Waals surface area contributed by atoms with Crippen LogP contribution in [0.4, 0.5) is 5.69 Å². The van der Waals surface area contributed by atoms with Gasteiger partial charge in [0.05, 0.1) is 11.9 Å². The average molecular weight is 260 g/mol. The highest BCUT2D eigenvalue weighted by molar-refractivity contribution is 9.10. The lowest BCUT2D eigenvalue weighted by molar-refractivity contribution is 0.697. The molecule has 14 heavy (non-hydrogen) atoms. The van der Waals surface area contributed by atoms with Gasteiger partial charge in [0.15, 0.2) is 0 Å². The van der Waals surface area contributed by atoms with Crippen LogP contribution >= 0.6 is 15.9 Å². The Kier molecular flexibility index (Phi) is 3.69. The Morgan fingerprint density at radius 3 is 2.93 bits per heavy atom. The smallest absolute Gasteiger partial charge is 0.282 e. The molecule has 0 amide bonds. The summed E-state index contributed by atoms with van der Waals surface area (Å²) >= 11 is 3.25. The topological polar surface area (TPSA) is 46.9 Å². The second-order valence-electron chi connectivity index (χ2n) is 3.25. The molecule has 0 aliphatic heterocycles. The van der Waals surface area contributed by atoms with Crippen LogP contribution in [0.2, 0.25) is 0 Å². The number of aromatic nitrogens is 2. The number of aryl methyl sites for hydroxylation is 1. The Hall–Kier alpha value is -0.840. The second-order valence-corrected chi connectivity index (χ2v) is 4.05. The number of nitrogens with zero attached hydrogens (tertiary/aromatic N) is 2. The monoisotopic (exact) mass is 259 g/mol. The zero-order valence-electron chi connectivity index (χ0n) is 8.54. The largest absolute Gasteiger partial charge is 0.380 e. The minimum atomic E-state index is -0.127. The van der Waals surface area contributed by atoms with Crippen molar-refractivity contribution in [3.05, 3.63) is 21.0 Å². The van der Waals surface area contributed by atoms with E-state index in [1.165, 1.54) is 4.68 Å². The fourth-order valence-corrected chi connectivity index (χ4v) is 1.45. The van der Waals surface area contributed by atoms with E-state index in [2.05, 4.69) is 40.2 Å². The summed E-state index contributed by atoms with van der Waals surface area (Å²) in [4.78, 5) is 11.5. The van der Waals surface area contributed by atoms with Crippen LogP contribution in [0.25, 0.3) is 0 Å². The van der Waals surface area contributed by atoms with E-state index < -0.39 is 0 Å². The number of hydrogen-bond donors (Lipinski definition) is 1. The lowest BCUT2D eigenvalue weighted by atomic mass is 10.2. The summed E-state index contributed by atoms with van der Waals surface area (Å²) in [5.41, 5.74) is 0.626. The molecule has 0 aromatic carbocycles. The first-order chi connectivity index (χ1) is 6.56. The zero-order valence-corrected chi connectivity index (χ0v) is 10.1. The Labute approximate surface area is 91.5 Å². The molecule has 0 spiro atoms. The molecule has 5 heteroatoms. The third-order valence-electron chi connectivity index (χ3n) is 2.09. The van der Waals surface area contributed by atoms with Gasteiger partial charge >= 0.3 is 0 Å². The van der Waals surface area contributed by atoms with Gasteiger partial charge in [-0.2, -0.15) is 5.10 Å². The first-order valence-corrected chi connectivity index (χ1v) is 5.34. The van der Waals surface area contributed by atoms with Crippen LogP contribution in [0.15, 0.2) is 15.5 Å². The van der Waals surface area contributed by atoms with Gasteiger partial charge in [0.25, 0.3) is 5.56 Å². The molecule has 1 N–H and O–H groups in total. The van der Waals surface area contributed by atoms with Crippen molar-refractivity contribution in [2.45, 2.75) is 26.3 Å². The van der Waals surface area contributed by atoms with Crippen molar-refractivity contribution in [2.75, 3.05) is 5.32 Å². The quantitative estimate of drug-likeness (QED) is 0.900. The SMILES string of the molecule is CCC(C)Nc1cnn(C)c(=O)c1Br. The van der Waals surface area contributed by atoms with E-state index in [9.17, 15) is 4.79 Å². The molecular formula is C9H14BrN3O. The van der Waals surface area contributed by atoms with Crippen LogP contribution in [0.5, 0.6) is 0 Å². The lowest BCUT2D eigenvalue weighted by Gasteiger charge is -2.13. The minimum absolute atomic E-state index is 0.127. The summed E-state index contributed by atoms with van der Waals surface area (Å²) in [6.07, 6.45) is 2.65. The molecule has 0 bridgehead atoms. The maximum atomic E-state index is 11.5. The maximum absolute atomic E-state index is 11.5. The molecule has 0 radical (unpaired) electrons. The Morgan fingerprint density at radius 2 is 2.36 bits per heavy atom. The summed E-state index contributed by atoms with van der Waals surface area (Å²) in [6, 6.07) is 0.334. The van der Waals surface area contributed by atoms with Gasteiger partial charge in [-0.15, -0.1) is 0 Å². The van der Waals surface area contributed by atoms with E-state index in [0.717, 1.165) is 12.1 Å². The normalized spacial score (nSPS) is 12.6. The van der Waals surface area contributed by atoms with Gasteiger partial charge in [0.2, 0.25) is 0 Å². The number of halogens is 1. The maximum Gasteiger partial charge on any atom is 0.282 e. The van der Waals surface area contributed by atoms with Crippen LogP contribution < -0.4 is 10.9 Å². The third-order valence-corrected chi connectivity index (χ3v) is 2.86. The molecule has 0 saturated carbocycles. The van der Waals surface area contributed by atoms with Crippen molar-refractivity contribution < 1.29 is 0 Å². The number of nitrogens with one attached hydrogen (secondary N) is 1. The van der Waals surface area contributed by atoms with Gasteiger partial charge in [-0.25, -0.2) is 4.68 Å². The lowest BCUT2D eigenvalue weighted by Crippen LogP contribution is -2.23. The van der Waals surface area contributed by atoms with Gasteiger partial charge in [-0.3, -0.25) is 4.79 Å². The first-order valence-electron chi connectivity index (χ1n) is 4.54. The highest BCUT2D eigenvalue weighted by atomic mass is 79.9. The molecule has 1 atom stereocenters. The van der Waals surface area contributed by atoms with Crippen molar-refractivity contribution >= 4 is 21.6 Å². The molecule has 1 aromatic rings. The first kappa shape index (κ1) is 11.2. The molecule has 1 heterocycles. The van der Waals surface area contributed by atoms with E-state index in [1.807, 2.05) is 0 Å². The standard InChI is InChI=1S/C9H14BrN3O/c1-4-6(2)12-7-5-11-13(3)9(14)8(7)10/h5-6,12H,4H2,1-3H3. The predicted molar refractivity (Wildman–Crippen MR) is 60.6 cm³/mol. The molecule has 1 unspecified atom stereocenters. The van der Waals surface area contributed by atoms with Crippen molar-refractivity contribution in [3.63, 3.8) is 0 Å². The van der Waals surface area contributed by atoms with Gasteiger partial charge in [0.1, 0.15) is 4.47 Å². The average Bonchev–Trinajstić information content (AvgIpc) is 2.19. The second kappa shape index (κ2) is 4.59. The summed E-state index contributed by atoms with van der Waals surface area (Å²) in [5, 5.41) is 7.14. The summed E-state index contributed by atoms with van der Waals surface area (Å²) in [6.45, 7) is 4.14. The number of rotatable bonds is 3. The van der Waals surface area contributed by atoms with Crippen LogP contribution in [-0.4, -0.2) is 15.8 Å². The van der Waals surface area contributed by atoms with Gasteiger partial charge in [0, 0.05) is 13.1 Å². The highest BCUT2D eigenvalue weighted by Gasteiger charge is 2.07. The molecule has 0 aliphatic rings. The van der Waals surface area contributed by atoms with E-state index in [4.69, 9.17) is 0 Å². The van der Waals surface area contributed by atoms with Crippen LogP contribution in [0, 0.1) is 0 Å². The molecular weight excluding hydrogens is 246 g/mol. The van der Waals surface area contributed by atoms with Gasteiger partial charge in [-0.05, 0) is 29.3 Å². The van der Waals surface area contributed by atoms with Crippen molar-refractivity contribution in [2.24, 2.45) is 7.05 Å². The minimum Gasteiger partial charge on any atom is -0.380 e. The van der Waals surface area contributed by atoms with E-state index in [-0.39, 0.29) is 5.56 Å². The molecule has 1 rings (SSSR count). The fourth-order valence-electron chi connectivity index (χ4n) is 0.979. The Balaban J connectivity index is 3.00. The molecule has 4 nitrogen and oxygen atoms in total. The molecule has 0 fully saturated rings. The Bertz CT molecular complexity index is 375. The van der Waals surface area contributed by atoms with Crippen LogP contribution in [0.1, 0.15) is 20.3 Å². The van der Waals surface area contributed by atoms with E-state index in [1.54, 1.807) is 13.2 Å². The Morgan fingerprint density at radius 1 is 1.71 bits per heavy atom. The summed E-state index contributed by atoms with van der Waals surface area (Å²) in [7, 11) is 1.63. The number of hydrogen-bond acceptors (Lipinski definition) is 3. The van der Waals surface area contributed by atoms with Gasteiger partial charge < -0.3 is 5.32 Å². The van der Waals surface area contributed by atoms with Gasteiger partial charge in [-0.1, -0.05) is 6.92 Å². The molecule has 1 aromatic heterocycles. The van der Waals surface area contributed by atoms with E-state index in [0.29, 0.717) is 10.5 Å². The van der Waals surface area contributed by atoms with Crippen molar-refractivity contribution in [1.82, 2.24) is 9.78 Å². The van der Waals surface area contributed by atoms with Crippen molar-refractivity contribution in [3.8, 4) is 0 Å². The summed E-state index contributed by atoms with van der Waals surface area (Å²) < 4.78 is 1.83. The molecule has 78 valence electrons. The zero-order chi connectivity index (χ0) is 10.7. The predicted octanol–water partition coefficient (Wildman–Crippen LogP) is 1.75. The van der Waals surface area contributed by atoms with E-state index >= 15 is 0 Å². The number of anilines is 1. The third kappa shape index (κ3) is 2.35. The van der Waals surface area contributed by atoms with Crippen molar-refractivity contribution in [1.29, 1.82) is 0 Å². The molecule has 0 saturated heterocycles. The van der Waals surface area contributed by atoms with Crippen LogP contribution in [0.3, 0.4) is 0 Å². The highest BCUT2D eigenvalue weighted by Crippen LogP contribution is 2.17.